The van der Waals surface area contributed by atoms with Crippen molar-refractivity contribution in [3.8, 4) is 0 Å². The molecule has 0 fully saturated rings. The quantitative estimate of drug-likeness (QED) is 0.817. The molecule has 1 aliphatic rings. The van der Waals surface area contributed by atoms with Crippen molar-refractivity contribution in [2.24, 2.45) is 0 Å². The lowest BCUT2D eigenvalue weighted by Crippen LogP contribution is -2.14. The smallest absolute Gasteiger partial charge is 0.203 e. The van der Waals surface area contributed by atoms with Gasteiger partial charge in [0.1, 0.15) is 0 Å². The Morgan fingerprint density at radius 2 is 1.89 bits per heavy atom. The van der Waals surface area contributed by atoms with Crippen LogP contribution in [0.5, 0.6) is 0 Å². The van der Waals surface area contributed by atoms with Crippen LogP contribution < -0.4 is 4.90 Å². The van der Waals surface area contributed by atoms with Gasteiger partial charge in [-0.3, -0.25) is 4.79 Å². The number of benzene rings is 2. The second-order valence-electron chi connectivity index (χ2n) is 4.25. The second-order valence-corrected chi connectivity index (χ2v) is 5.34. The molecule has 3 heteroatoms. The minimum Gasteiger partial charge on any atom is -0.343 e. The Hall–Kier alpha value is -1.74. The second kappa shape index (κ2) is 4.50. The van der Waals surface area contributed by atoms with E-state index in [1.807, 2.05) is 18.4 Å². The van der Waals surface area contributed by atoms with Gasteiger partial charge in [0, 0.05) is 23.3 Å². The molecule has 2 aromatic rings. The molecule has 0 saturated carbocycles. The van der Waals surface area contributed by atoms with E-state index in [0.29, 0.717) is 6.42 Å². The van der Waals surface area contributed by atoms with Gasteiger partial charge in [-0.25, -0.2) is 0 Å². The molecule has 89 valence electrons. The molecule has 0 unspecified atom stereocenters. The number of hydrogen-bond donors (Lipinski definition) is 0. The average Bonchev–Trinajstić information content (AvgIpc) is 2.40. The molecule has 0 saturated heterocycles. The van der Waals surface area contributed by atoms with Crippen molar-refractivity contribution in [1.29, 1.82) is 0 Å². The molecule has 0 N–H and O–H groups in total. The zero-order valence-corrected chi connectivity index (χ0v) is 10.8. The number of nitrogens with zero attached hydrogens (tertiary/aromatic N) is 1. The first-order chi connectivity index (χ1) is 8.79. The highest BCUT2D eigenvalue weighted by atomic mass is 32.2. The van der Waals surface area contributed by atoms with Crippen LogP contribution in [0.3, 0.4) is 0 Å². The molecule has 1 radical (unpaired) electrons. The van der Waals surface area contributed by atoms with Crippen LogP contribution in [0.1, 0.15) is 5.56 Å². The Labute approximate surface area is 111 Å². The van der Waals surface area contributed by atoms with Gasteiger partial charge in [-0.05, 0) is 29.8 Å². The first-order valence-corrected chi connectivity index (χ1v) is 6.60. The van der Waals surface area contributed by atoms with Crippen molar-refractivity contribution in [2.45, 2.75) is 16.2 Å². The van der Waals surface area contributed by atoms with E-state index in [4.69, 9.17) is 0 Å². The fraction of sp³-hybridized carbons (Fsp3) is 0.133. The zero-order chi connectivity index (χ0) is 12.5. The highest BCUT2D eigenvalue weighted by Crippen LogP contribution is 2.47. The van der Waals surface area contributed by atoms with Crippen LogP contribution >= 0.6 is 11.8 Å². The highest BCUT2D eigenvalue weighted by molar-refractivity contribution is 7.99. The maximum atomic E-state index is 10.5. The lowest BCUT2D eigenvalue weighted by molar-refractivity contribution is 0.555. The van der Waals surface area contributed by atoms with E-state index in [2.05, 4.69) is 42.3 Å². The van der Waals surface area contributed by atoms with Gasteiger partial charge in [0.2, 0.25) is 6.29 Å². The van der Waals surface area contributed by atoms with Crippen LogP contribution in [0, 0.1) is 0 Å². The maximum Gasteiger partial charge on any atom is 0.203 e. The van der Waals surface area contributed by atoms with Crippen LogP contribution in [0.15, 0.2) is 52.3 Å². The summed E-state index contributed by atoms with van der Waals surface area (Å²) in [5, 5.41) is 0. The number of hydrogen-bond acceptors (Lipinski definition) is 3. The molecule has 3 rings (SSSR count). The van der Waals surface area contributed by atoms with E-state index in [9.17, 15) is 4.79 Å². The minimum absolute atomic E-state index is 0.355. The third-order valence-electron chi connectivity index (χ3n) is 3.11. The summed E-state index contributed by atoms with van der Waals surface area (Å²) in [6.45, 7) is 0. The molecule has 0 spiro atoms. The van der Waals surface area contributed by atoms with E-state index < -0.39 is 0 Å². The lowest BCUT2D eigenvalue weighted by Gasteiger charge is -2.29. The van der Waals surface area contributed by atoms with Crippen LogP contribution in [0.2, 0.25) is 0 Å². The summed E-state index contributed by atoms with van der Waals surface area (Å²) >= 11 is 1.77. The highest BCUT2D eigenvalue weighted by Gasteiger charge is 2.20. The third kappa shape index (κ3) is 1.81. The van der Waals surface area contributed by atoms with Crippen LogP contribution in [0.25, 0.3) is 0 Å². The van der Waals surface area contributed by atoms with Gasteiger partial charge >= 0.3 is 0 Å². The SMILES string of the molecule is CN1c2ccccc2Sc2ccc(C[C]=O)cc21. The van der Waals surface area contributed by atoms with Gasteiger partial charge in [0.15, 0.2) is 0 Å². The van der Waals surface area contributed by atoms with E-state index >= 15 is 0 Å². The Bertz CT molecular complexity index is 609. The molecule has 1 aliphatic heterocycles. The Morgan fingerprint density at radius 1 is 1.11 bits per heavy atom. The molecule has 18 heavy (non-hydrogen) atoms. The third-order valence-corrected chi connectivity index (χ3v) is 4.24. The van der Waals surface area contributed by atoms with Crippen molar-refractivity contribution in [3.63, 3.8) is 0 Å². The Kier molecular flexibility index (Phi) is 2.84. The fourth-order valence-corrected chi connectivity index (χ4v) is 3.30. The van der Waals surface area contributed by atoms with Crippen molar-refractivity contribution >= 4 is 29.4 Å². The van der Waals surface area contributed by atoms with Gasteiger partial charge in [-0.1, -0.05) is 30.0 Å². The molecule has 0 aromatic heterocycles. The van der Waals surface area contributed by atoms with E-state index in [-0.39, 0.29) is 0 Å². The predicted octanol–water partition coefficient (Wildman–Crippen LogP) is 3.57. The Balaban J connectivity index is 2.08. The van der Waals surface area contributed by atoms with Gasteiger partial charge in [-0.2, -0.15) is 0 Å². The van der Waals surface area contributed by atoms with Crippen molar-refractivity contribution in [3.05, 3.63) is 48.0 Å². The summed E-state index contributed by atoms with van der Waals surface area (Å²) in [5.41, 5.74) is 3.38. The molecule has 0 atom stereocenters. The van der Waals surface area contributed by atoms with Crippen LogP contribution in [-0.4, -0.2) is 13.3 Å². The summed E-state index contributed by atoms with van der Waals surface area (Å²) in [7, 11) is 2.06. The molecule has 0 aliphatic carbocycles. The first kappa shape index (κ1) is 11.4. The molecule has 0 amide bonds. The standard InChI is InChI=1S/C15H12NOS/c1-16-12-4-2-3-5-14(12)18-15-7-6-11(8-9-17)10-13(15)16/h2-7,10H,8H2,1H3. The van der Waals surface area contributed by atoms with Crippen LogP contribution in [-0.2, 0) is 11.2 Å². The number of carbonyl (C=O) groups excluding carboxylic acids is 1. The minimum atomic E-state index is 0.355. The van der Waals surface area contributed by atoms with Crippen LogP contribution in [0.4, 0.5) is 11.4 Å². The summed E-state index contributed by atoms with van der Waals surface area (Å²) in [4.78, 5) is 15.1. The summed E-state index contributed by atoms with van der Waals surface area (Å²) in [6, 6.07) is 14.5. The molecule has 1 heterocycles. The largest absolute Gasteiger partial charge is 0.343 e. The van der Waals surface area contributed by atoms with Crippen molar-refractivity contribution < 1.29 is 4.79 Å². The van der Waals surface area contributed by atoms with Crippen molar-refractivity contribution in [1.82, 2.24) is 0 Å². The normalized spacial score (nSPS) is 12.8. The van der Waals surface area contributed by atoms with E-state index in [1.165, 1.54) is 15.5 Å². The van der Waals surface area contributed by atoms with Gasteiger partial charge < -0.3 is 4.90 Å². The first-order valence-electron chi connectivity index (χ1n) is 5.78. The molecule has 2 aromatic carbocycles. The number of rotatable bonds is 2. The van der Waals surface area contributed by atoms with Gasteiger partial charge in [0.25, 0.3) is 0 Å². The van der Waals surface area contributed by atoms with Crippen molar-refractivity contribution in [2.75, 3.05) is 11.9 Å². The number of anilines is 2. The molecule has 2 nitrogen and oxygen atoms in total. The average molecular weight is 254 g/mol. The molecule has 0 bridgehead atoms. The zero-order valence-electron chi connectivity index (χ0n) is 10.0. The summed E-state index contributed by atoms with van der Waals surface area (Å²) < 4.78 is 0. The van der Waals surface area contributed by atoms with E-state index in [0.717, 1.165) is 11.3 Å². The maximum absolute atomic E-state index is 10.5. The monoisotopic (exact) mass is 254 g/mol. The van der Waals surface area contributed by atoms with E-state index in [1.54, 1.807) is 11.8 Å². The predicted molar refractivity (Wildman–Crippen MR) is 74.5 cm³/mol. The lowest BCUT2D eigenvalue weighted by atomic mass is 10.1. The summed E-state index contributed by atoms with van der Waals surface area (Å²) in [5.74, 6) is 0. The number of para-hydroxylation sites is 1. The Morgan fingerprint density at radius 3 is 2.72 bits per heavy atom. The van der Waals surface area contributed by atoms with Gasteiger partial charge in [-0.15, -0.1) is 0 Å². The van der Waals surface area contributed by atoms with Gasteiger partial charge in [0.05, 0.1) is 11.4 Å². The topological polar surface area (TPSA) is 20.3 Å². The fourth-order valence-electron chi connectivity index (χ4n) is 2.17. The molecular weight excluding hydrogens is 242 g/mol. The summed E-state index contributed by atoms with van der Waals surface area (Å²) in [6.07, 6.45) is 2.30. The molecular formula is C15H12NOS. The number of fused-ring (bicyclic) bond motifs is 2.